The van der Waals surface area contributed by atoms with Crippen molar-refractivity contribution in [3.63, 3.8) is 0 Å². The molecule has 1 N–H and O–H groups in total. The predicted molar refractivity (Wildman–Crippen MR) is 116 cm³/mol. The summed E-state index contributed by atoms with van der Waals surface area (Å²) in [5.41, 5.74) is 3.64. The molecule has 0 bridgehead atoms. The van der Waals surface area contributed by atoms with Gasteiger partial charge >= 0.3 is 0 Å². The van der Waals surface area contributed by atoms with Gasteiger partial charge in [0.1, 0.15) is 5.82 Å². The summed E-state index contributed by atoms with van der Waals surface area (Å²) in [4.78, 5) is 30.0. The molecule has 1 aromatic heterocycles. The Hall–Kier alpha value is -4.24. The molecule has 30 heavy (non-hydrogen) atoms. The van der Waals surface area contributed by atoms with Crippen molar-refractivity contribution in [1.82, 2.24) is 9.55 Å². The largest absolute Gasteiger partial charge is 0.322 e. The third-order valence-electron chi connectivity index (χ3n) is 4.94. The summed E-state index contributed by atoms with van der Waals surface area (Å²) in [6.07, 6.45) is 0. The van der Waals surface area contributed by atoms with Crippen LogP contribution in [0.3, 0.4) is 0 Å². The molecule has 0 spiro atoms. The normalized spacial score (nSPS) is 10.6. The van der Waals surface area contributed by atoms with Gasteiger partial charge in [-0.25, -0.2) is 4.98 Å². The Labute approximate surface area is 173 Å². The van der Waals surface area contributed by atoms with Crippen molar-refractivity contribution in [2.75, 3.05) is 5.32 Å². The Morgan fingerprint density at radius 1 is 1.03 bits per heavy atom. The monoisotopic (exact) mass is 394 g/mol. The van der Waals surface area contributed by atoms with Crippen LogP contribution in [0.25, 0.3) is 16.6 Å². The minimum atomic E-state index is -0.268. The molecule has 1 heterocycles. The molecule has 0 aliphatic carbocycles. The minimum Gasteiger partial charge on any atom is -0.322 e. The fraction of sp³-hybridized carbons (Fsp3) is 0.0833. The van der Waals surface area contributed by atoms with E-state index < -0.39 is 0 Å². The first-order chi connectivity index (χ1) is 14.5. The molecule has 0 unspecified atom stereocenters. The Bertz CT molecular complexity index is 1380. The van der Waals surface area contributed by atoms with Gasteiger partial charge in [-0.15, -0.1) is 0 Å². The Kier molecular flexibility index (Phi) is 4.87. The first-order valence-corrected chi connectivity index (χ1v) is 9.39. The van der Waals surface area contributed by atoms with E-state index in [1.54, 1.807) is 54.0 Å². The lowest BCUT2D eigenvalue weighted by atomic mass is 10.1. The van der Waals surface area contributed by atoms with E-state index in [4.69, 9.17) is 5.26 Å². The number of nitriles is 1. The van der Waals surface area contributed by atoms with Crippen LogP contribution in [-0.4, -0.2) is 15.5 Å². The van der Waals surface area contributed by atoms with Crippen LogP contribution >= 0.6 is 0 Å². The second-order valence-electron chi connectivity index (χ2n) is 6.96. The highest BCUT2D eigenvalue weighted by Crippen LogP contribution is 2.21. The first kappa shape index (κ1) is 19.1. The van der Waals surface area contributed by atoms with Crippen molar-refractivity contribution < 1.29 is 4.79 Å². The number of carbonyl (C=O) groups excluding carboxylic acids is 1. The number of benzene rings is 3. The minimum absolute atomic E-state index is 0.133. The van der Waals surface area contributed by atoms with Gasteiger partial charge in [0.15, 0.2) is 0 Å². The van der Waals surface area contributed by atoms with Crippen molar-refractivity contribution in [3.8, 4) is 11.8 Å². The van der Waals surface area contributed by atoms with Crippen LogP contribution in [0.5, 0.6) is 0 Å². The standard InChI is InChI=1S/C24H18N4O2/c1-15-13-19(28-16(2)26-22-6-4-3-5-20(22)24(28)30)11-12-21(15)27-23(29)18-9-7-17(14-25)8-10-18/h3-13H,1-2H3,(H,27,29). The van der Waals surface area contributed by atoms with Crippen molar-refractivity contribution >= 4 is 22.5 Å². The molecule has 146 valence electrons. The van der Waals surface area contributed by atoms with E-state index in [0.717, 1.165) is 5.56 Å². The van der Waals surface area contributed by atoms with E-state index >= 15 is 0 Å². The number of hydrogen-bond acceptors (Lipinski definition) is 4. The van der Waals surface area contributed by atoms with Gasteiger partial charge in [0.2, 0.25) is 0 Å². The summed E-state index contributed by atoms with van der Waals surface area (Å²) < 4.78 is 1.57. The van der Waals surface area contributed by atoms with E-state index in [0.29, 0.717) is 39.2 Å². The molecule has 0 saturated heterocycles. The zero-order valence-corrected chi connectivity index (χ0v) is 16.5. The molecule has 0 aliphatic heterocycles. The van der Waals surface area contributed by atoms with E-state index in [2.05, 4.69) is 10.3 Å². The molecule has 0 atom stereocenters. The number of nitrogens with one attached hydrogen (secondary N) is 1. The molecule has 4 rings (SSSR count). The van der Waals surface area contributed by atoms with Crippen LogP contribution in [0.1, 0.15) is 27.3 Å². The van der Waals surface area contributed by atoms with Gasteiger partial charge in [0, 0.05) is 11.3 Å². The number of fused-ring (bicyclic) bond motifs is 1. The topological polar surface area (TPSA) is 87.8 Å². The predicted octanol–water partition coefficient (Wildman–Crippen LogP) is 4.13. The van der Waals surface area contributed by atoms with E-state index in [9.17, 15) is 9.59 Å². The smallest absolute Gasteiger partial charge is 0.265 e. The van der Waals surface area contributed by atoms with E-state index in [1.165, 1.54) is 0 Å². The summed E-state index contributed by atoms with van der Waals surface area (Å²) in [7, 11) is 0. The van der Waals surface area contributed by atoms with E-state index in [-0.39, 0.29) is 11.5 Å². The molecule has 3 aromatic carbocycles. The summed E-state index contributed by atoms with van der Waals surface area (Å²) in [5, 5.41) is 12.3. The van der Waals surface area contributed by atoms with Crippen LogP contribution in [0.15, 0.2) is 71.5 Å². The lowest BCUT2D eigenvalue weighted by molar-refractivity contribution is 0.102. The van der Waals surface area contributed by atoms with E-state index in [1.807, 2.05) is 37.3 Å². The molecule has 0 aliphatic rings. The van der Waals surface area contributed by atoms with Crippen molar-refractivity contribution in [2.45, 2.75) is 13.8 Å². The number of rotatable bonds is 3. The maximum atomic E-state index is 13.0. The fourth-order valence-corrected chi connectivity index (χ4v) is 3.37. The van der Waals surface area contributed by atoms with Gasteiger partial charge < -0.3 is 5.32 Å². The number of carbonyl (C=O) groups is 1. The van der Waals surface area contributed by atoms with Gasteiger partial charge in [0.05, 0.1) is 28.2 Å². The lowest BCUT2D eigenvalue weighted by Crippen LogP contribution is -2.22. The summed E-state index contributed by atoms with van der Waals surface area (Å²) in [6, 6.07) is 21.1. The van der Waals surface area contributed by atoms with Crippen LogP contribution in [0, 0.1) is 25.2 Å². The second kappa shape index (κ2) is 7.64. The van der Waals surface area contributed by atoms with Crippen molar-refractivity contribution in [2.24, 2.45) is 0 Å². The highest BCUT2D eigenvalue weighted by molar-refractivity contribution is 6.04. The number of hydrogen-bond donors (Lipinski definition) is 1. The van der Waals surface area contributed by atoms with Crippen molar-refractivity contribution in [1.29, 1.82) is 5.26 Å². The Morgan fingerprint density at radius 2 is 1.77 bits per heavy atom. The number of aromatic nitrogens is 2. The van der Waals surface area contributed by atoms with Crippen LogP contribution in [-0.2, 0) is 0 Å². The number of aryl methyl sites for hydroxylation is 2. The van der Waals surface area contributed by atoms with Crippen LogP contribution in [0.2, 0.25) is 0 Å². The first-order valence-electron chi connectivity index (χ1n) is 9.39. The molecule has 0 radical (unpaired) electrons. The molecular weight excluding hydrogens is 376 g/mol. The number of para-hydroxylation sites is 1. The SMILES string of the molecule is Cc1cc(-n2c(C)nc3ccccc3c2=O)ccc1NC(=O)c1ccc(C#N)cc1. The summed E-state index contributed by atoms with van der Waals surface area (Å²) >= 11 is 0. The number of anilines is 1. The van der Waals surface area contributed by atoms with Gasteiger partial charge in [-0.2, -0.15) is 5.26 Å². The highest BCUT2D eigenvalue weighted by Gasteiger charge is 2.12. The second-order valence-corrected chi connectivity index (χ2v) is 6.96. The summed E-state index contributed by atoms with van der Waals surface area (Å²) in [5.74, 6) is 0.323. The molecular formula is C24H18N4O2. The zero-order valence-electron chi connectivity index (χ0n) is 16.5. The van der Waals surface area contributed by atoms with Crippen LogP contribution in [0.4, 0.5) is 5.69 Å². The highest BCUT2D eigenvalue weighted by atomic mass is 16.1. The van der Waals surface area contributed by atoms with Gasteiger partial charge in [-0.05, 0) is 74.0 Å². The molecule has 1 amide bonds. The lowest BCUT2D eigenvalue weighted by Gasteiger charge is -2.14. The average Bonchev–Trinajstić information content (AvgIpc) is 2.75. The Balaban J connectivity index is 1.67. The number of nitrogens with zero attached hydrogens (tertiary/aromatic N) is 3. The fourth-order valence-electron chi connectivity index (χ4n) is 3.37. The number of amides is 1. The van der Waals surface area contributed by atoms with Gasteiger partial charge in [-0.3, -0.25) is 14.2 Å². The average molecular weight is 394 g/mol. The maximum absolute atomic E-state index is 13.0. The zero-order chi connectivity index (χ0) is 21.3. The molecule has 4 aromatic rings. The van der Waals surface area contributed by atoms with Gasteiger partial charge in [-0.1, -0.05) is 12.1 Å². The quantitative estimate of drug-likeness (QED) is 0.566. The molecule has 6 heteroatoms. The third-order valence-corrected chi connectivity index (χ3v) is 4.94. The van der Waals surface area contributed by atoms with Crippen molar-refractivity contribution in [3.05, 3.63) is 99.6 Å². The van der Waals surface area contributed by atoms with Gasteiger partial charge in [0.25, 0.3) is 11.5 Å². The third kappa shape index (κ3) is 3.45. The summed E-state index contributed by atoms with van der Waals surface area (Å²) in [6.45, 7) is 3.66. The maximum Gasteiger partial charge on any atom is 0.265 e. The molecule has 0 saturated carbocycles. The Morgan fingerprint density at radius 3 is 2.47 bits per heavy atom. The molecule has 6 nitrogen and oxygen atoms in total. The van der Waals surface area contributed by atoms with Crippen LogP contribution < -0.4 is 10.9 Å². The molecule has 0 fully saturated rings.